The molecule has 0 spiro atoms. The van der Waals surface area contributed by atoms with Crippen LogP contribution < -0.4 is 5.32 Å². The van der Waals surface area contributed by atoms with Gasteiger partial charge in [-0.25, -0.2) is 4.98 Å². The first-order chi connectivity index (χ1) is 16.6. The number of benzene rings is 3. The summed E-state index contributed by atoms with van der Waals surface area (Å²) in [5, 5.41) is 4.12. The van der Waals surface area contributed by atoms with Gasteiger partial charge in [0.1, 0.15) is 11.5 Å². The molecule has 0 aliphatic carbocycles. The van der Waals surface area contributed by atoms with Gasteiger partial charge >= 0.3 is 0 Å². The van der Waals surface area contributed by atoms with Crippen molar-refractivity contribution >= 4 is 47.2 Å². The Kier molecular flexibility index (Phi) is 7.61. The molecule has 5 aromatic rings. The van der Waals surface area contributed by atoms with Crippen LogP contribution in [0.25, 0.3) is 17.1 Å². The molecule has 35 heavy (non-hydrogen) atoms. The molecule has 0 unspecified atom stereocenters. The maximum Gasteiger partial charge on any atom is 0.275 e. The zero-order valence-corrected chi connectivity index (χ0v) is 20.8. The highest BCUT2D eigenvalue weighted by atomic mass is 35.5. The number of hydrogen-bond acceptors (Lipinski definition) is 2. The number of carbonyl (C=O) groups excluding carboxylic acids is 1. The number of halogens is 3. The van der Waals surface area contributed by atoms with Gasteiger partial charge in [-0.2, -0.15) is 0 Å². The van der Waals surface area contributed by atoms with E-state index in [4.69, 9.17) is 23.2 Å². The summed E-state index contributed by atoms with van der Waals surface area (Å²) in [6.07, 6.45) is 5.54. The fourth-order valence-corrected chi connectivity index (χ4v) is 4.07. The average Bonchev–Trinajstić information content (AvgIpc) is 3.48. The third-order valence-electron chi connectivity index (χ3n) is 5.37. The fourth-order valence-electron chi connectivity index (χ4n) is 3.72. The lowest BCUT2D eigenvalue weighted by Gasteiger charge is -2.09. The number of rotatable bonds is 6. The van der Waals surface area contributed by atoms with Crippen LogP contribution in [0.1, 0.15) is 16.1 Å². The van der Waals surface area contributed by atoms with E-state index in [-0.39, 0.29) is 24.0 Å². The van der Waals surface area contributed by atoms with Gasteiger partial charge in [0.05, 0.1) is 10.7 Å². The van der Waals surface area contributed by atoms with E-state index in [1.54, 1.807) is 24.4 Å². The number of aromatic nitrogens is 3. The first kappa shape index (κ1) is 24.6. The maximum atomic E-state index is 13.1. The molecular formula is C27H21Cl3N4O. The normalized spacial score (nSPS) is 10.6. The fraction of sp³-hybridized carbons (Fsp3) is 0.0370. The first-order valence-electron chi connectivity index (χ1n) is 10.7. The smallest absolute Gasteiger partial charge is 0.275 e. The van der Waals surface area contributed by atoms with E-state index in [2.05, 4.69) is 22.4 Å². The van der Waals surface area contributed by atoms with Crippen LogP contribution in [0.5, 0.6) is 0 Å². The quantitative estimate of drug-likeness (QED) is 0.253. The Morgan fingerprint density at radius 3 is 2.31 bits per heavy atom. The molecule has 0 atom stereocenters. The first-order valence-corrected chi connectivity index (χ1v) is 11.4. The van der Waals surface area contributed by atoms with Crippen LogP contribution >= 0.6 is 35.6 Å². The van der Waals surface area contributed by atoms with Gasteiger partial charge in [0.25, 0.3) is 5.91 Å². The van der Waals surface area contributed by atoms with Gasteiger partial charge in [0.15, 0.2) is 0 Å². The molecule has 2 heterocycles. The number of imidazole rings is 1. The second-order valence-corrected chi connectivity index (χ2v) is 8.63. The van der Waals surface area contributed by atoms with Crippen molar-refractivity contribution in [1.29, 1.82) is 0 Å². The lowest BCUT2D eigenvalue weighted by molar-refractivity contribution is 0.102. The standard InChI is InChI=1S/C27H20Cl2N4O.ClH/c28-20-10-12-22(13-11-20)33-18-25(31-26(33)23-8-4-5-9-24(23)29)27(34)30-21-14-15-32(17-21)16-19-6-2-1-3-7-19;/h1-15,17-18H,16H2,(H,30,34);1H. The van der Waals surface area contributed by atoms with Crippen LogP contribution in [-0.2, 0) is 6.54 Å². The number of amides is 1. The molecule has 0 aliphatic heterocycles. The summed E-state index contributed by atoms with van der Waals surface area (Å²) < 4.78 is 3.86. The van der Waals surface area contributed by atoms with Gasteiger partial charge in [-0.15, -0.1) is 12.4 Å². The summed E-state index contributed by atoms with van der Waals surface area (Å²) in [4.78, 5) is 17.7. The van der Waals surface area contributed by atoms with Gasteiger partial charge < -0.3 is 9.88 Å². The number of nitrogens with one attached hydrogen (secondary N) is 1. The molecule has 0 saturated carbocycles. The molecule has 176 valence electrons. The molecule has 1 N–H and O–H groups in total. The largest absolute Gasteiger partial charge is 0.348 e. The second-order valence-electron chi connectivity index (χ2n) is 7.79. The van der Waals surface area contributed by atoms with E-state index in [0.29, 0.717) is 21.6 Å². The summed E-state index contributed by atoms with van der Waals surface area (Å²) in [5.74, 6) is 0.262. The summed E-state index contributed by atoms with van der Waals surface area (Å²) in [5.41, 5.74) is 3.70. The van der Waals surface area contributed by atoms with Crippen molar-refractivity contribution in [2.24, 2.45) is 0 Å². The van der Waals surface area contributed by atoms with E-state index in [1.807, 2.05) is 76.1 Å². The molecule has 0 fully saturated rings. The predicted octanol–water partition coefficient (Wildman–Crippen LogP) is 7.37. The molecule has 0 bridgehead atoms. The van der Waals surface area contributed by atoms with Crippen molar-refractivity contribution in [2.45, 2.75) is 6.54 Å². The third-order valence-corrected chi connectivity index (χ3v) is 5.96. The van der Waals surface area contributed by atoms with Crippen molar-refractivity contribution in [3.05, 3.63) is 125 Å². The molecule has 3 aromatic carbocycles. The Morgan fingerprint density at radius 2 is 1.57 bits per heavy atom. The number of anilines is 1. The number of carbonyl (C=O) groups is 1. The zero-order chi connectivity index (χ0) is 23.5. The summed E-state index contributed by atoms with van der Waals surface area (Å²) >= 11 is 12.5. The number of hydrogen-bond donors (Lipinski definition) is 1. The van der Waals surface area contributed by atoms with Crippen LogP contribution in [0.2, 0.25) is 10.0 Å². The molecule has 1 amide bonds. The molecule has 0 aliphatic rings. The van der Waals surface area contributed by atoms with Gasteiger partial charge in [-0.3, -0.25) is 9.36 Å². The SMILES string of the molecule is Cl.O=C(Nc1ccn(Cc2ccccc2)c1)c1cn(-c2ccc(Cl)cc2)c(-c2ccccc2Cl)n1. The monoisotopic (exact) mass is 522 g/mol. The minimum absolute atomic E-state index is 0. The van der Waals surface area contributed by atoms with Crippen molar-refractivity contribution in [1.82, 2.24) is 14.1 Å². The lowest BCUT2D eigenvalue weighted by Crippen LogP contribution is -2.12. The van der Waals surface area contributed by atoms with Gasteiger partial charge in [0.2, 0.25) is 0 Å². The maximum absolute atomic E-state index is 13.1. The molecule has 8 heteroatoms. The van der Waals surface area contributed by atoms with Gasteiger partial charge in [-0.1, -0.05) is 65.7 Å². The number of nitrogens with zero attached hydrogens (tertiary/aromatic N) is 3. The van der Waals surface area contributed by atoms with E-state index in [0.717, 1.165) is 17.8 Å². The van der Waals surface area contributed by atoms with E-state index in [9.17, 15) is 4.79 Å². The Morgan fingerprint density at radius 1 is 0.857 bits per heavy atom. The second kappa shape index (κ2) is 10.8. The molecule has 5 nitrogen and oxygen atoms in total. The van der Waals surface area contributed by atoms with E-state index < -0.39 is 0 Å². The topological polar surface area (TPSA) is 51.9 Å². The van der Waals surface area contributed by atoms with Crippen LogP contribution in [0.15, 0.2) is 104 Å². The summed E-state index contributed by atoms with van der Waals surface area (Å²) in [6.45, 7) is 0.721. The molecule has 0 saturated heterocycles. The highest BCUT2D eigenvalue weighted by Gasteiger charge is 2.19. The van der Waals surface area contributed by atoms with E-state index >= 15 is 0 Å². The molecule has 2 aromatic heterocycles. The van der Waals surface area contributed by atoms with Crippen molar-refractivity contribution in [2.75, 3.05) is 5.32 Å². The van der Waals surface area contributed by atoms with Crippen LogP contribution in [0.3, 0.4) is 0 Å². The Labute approximate surface area is 219 Å². The highest BCUT2D eigenvalue weighted by molar-refractivity contribution is 6.33. The lowest BCUT2D eigenvalue weighted by atomic mass is 10.2. The third kappa shape index (κ3) is 5.60. The molecule has 0 radical (unpaired) electrons. The summed E-state index contributed by atoms with van der Waals surface area (Å²) in [7, 11) is 0. The Hall–Kier alpha value is -3.51. The molecule has 5 rings (SSSR count). The van der Waals surface area contributed by atoms with Crippen LogP contribution in [-0.4, -0.2) is 20.0 Å². The van der Waals surface area contributed by atoms with Gasteiger partial charge in [-0.05, 0) is 48.0 Å². The van der Waals surface area contributed by atoms with Gasteiger partial charge in [0, 0.05) is 41.4 Å². The van der Waals surface area contributed by atoms with Crippen molar-refractivity contribution < 1.29 is 4.79 Å². The molecular weight excluding hydrogens is 503 g/mol. The van der Waals surface area contributed by atoms with Crippen LogP contribution in [0, 0.1) is 0 Å². The summed E-state index contributed by atoms with van der Waals surface area (Å²) in [6, 6.07) is 26.8. The predicted molar refractivity (Wildman–Crippen MR) is 144 cm³/mol. The minimum atomic E-state index is -0.307. The zero-order valence-electron chi connectivity index (χ0n) is 18.4. The average molecular weight is 524 g/mol. The van der Waals surface area contributed by atoms with Crippen LogP contribution in [0.4, 0.5) is 5.69 Å². The van der Waals surface area contributed by atoms with Crippen molar-refractivity contribution in [3.63, 3.8) is 0 Å². The van der Waals surface area contributed by atoms with Crippen molar-refractivity contribution in [3.8, 4) is 17.1 Å². The highest BCUT2D eigenvalue weighted by Crippen LogP contribution is 2.30. The minimum Gasteiger partial charge on any atom is -0.348 e. The van der Waals surface area contributed by atoms with E-state index in [1.165, 1.54) is 5.56 Å². The Bertz CT molecular complexity index is 1440. The Balaban J connectivity index is 0.00000289.